The van der Waals surface area contributed by atoms with Crippen LogP contribution in [0.5, 0.6) is 0 Å². The predicted molar refractivity (Wildman–Crippen MR) is 74.0 cm³/mol. The van der Waals surface area contributed by atoms with E-state index < -0.39 is 17.8 Å². The second-order valence-electron chi connectivity index (χ2n) is 4.51. The van der Waals surface area contributed by atoms with E-state index >= 15 is 0 Å². The summed E-state index contributed by atoms with van der Waals surface area (Å²) in [6.45, 7) is 4.27. The van der Waals surface area contributed by atoms with Gasteiger partial charge in [0.1, 0.15) is 5.92 Å². The smallest absolute Gasteiger partial charge is 0.316 e. The van der Waals surface area contributed by atoms with Gasteiger partial charge in [0.25, 0.3) is 0 Å². The van der Waals surface area contributed by atoms with Crippen LogP contribution in [0.2, 0.25) is 0 Å². The Hall–Kier alpha value is -1.84. The quantitative estimate of drug-likeness (QED) is 0.740. The highest BCUT2D eigenvalue weighted by Crippen LogP contribution is 2.06. The Labute approximate surface area is 113 Å². The van der Waals surface area contributed by atoms with Gasteiger partial charge in [-0.15, -0.1) is 0 Å². The number of hydrogen-bond donors (Lipinski definition) is 2. The molecule has 4 heteroatoms. The van der Waals surface area contributed by atoms with Gasteiger partial charge in [0.05, 0.1) is 0 Å². The van der Waals surface area contributed by atoms with Gasteiger partial charge in [0, 0.05) is 6.54 Å². The van der Waals surface area contributed by atoms with E-state index in [0.717, 1.165) is 12.0 Å². The van der Waals surface area contributed by atoms with Crippen LogP contribution < -0.4 is 5.32 Å². The lowest BCUT2D eigenvalue weighted by atomic mass is 10.1. The van der Waals surface area contributed by atoms with Crippen LogP contribution in [0.25, 0.3) is 0 Å². The van der Waals surface area contributed by atoms with E-state index in [1.54, 1.807) is 6.92 Å². The minimum atomic E-state index is -1.06. The molecule has 0 aliphatic heterocycles. The Balaban J connectivity index is 2.40. The predicted octanol–water partition coefficient (Wildman–Crippen LogP) is 2.02. The van der Waals surface area contributed by atoms with E-state index in [4.69, 9.17) is 5.11 Å². The Morgan fingerprint density at radius 1 is 1.16 bits per heavy atom. The van der Waals surface area contributed by atoms with Gasteiger partial charge in [0.15, 0.2) is 0 Å². The van der Waals surface area contributed by atoms with E-state index in [0.29, 0.717) is 19.4 Å². The standard InChI is InChI=1S/C15H21NO3/c1-3-11-5-7-12(8-6-11)9-10-16-14(17)13(4-2)15(18)19/h5-8,13H,3-4,9-10H2,1-2H3,(H,16,17)(H,18,19). The van der Waals surface area contributed by atoms with Crippen LogP contribution in [0.15, 0.2) is 24.3 Å². The molecule has 19 heavy (non-hydrogen) atoms. The summed E-state index contributed by atoms with van der Waals surface area (Å²) >= 11 is 0. The van der Waals surface area contributed by atoms with Crippen LogP contribution >= 0.6 is 0 Å². The number of aryl methyl sites for hydroxylation is 1. The molecule has 1 aromatic rings. The van der Waals surface area contributed by atoms with E-state index in [2.05, 4.69) is 24.4 Å². The third-order valence-corrected chi connectivity index (χ3v) is 3.17. The Morgan fingerprint density at radius 3 is 2.21 bits per heavy atom. The van der Waals surface area contributed by atoms with Crippen LogP contribution in [0, 0.1) is 5.92 Å². The number of aliphatic carboxylic acids is 1. The average Bonchev–Trinajstić information content (AvgIpc) is 2.40. The van der Waals surface area contributed by atoms with Gasteiger partial charge < -0.3 is 10.4 Å². The average molecular weight is 263 g/mol. The maximum Gasteiger partial charge on any atom is 0.316 e. The fourth-order valence-corrected chi connectivity index (χ4v) is 1.87. The third kappa shape index (κ3) is 4.73. The molecular formula is C15H21NO3. The first kappa shape index (κ1) is 15.2. The topological polar surface area (TPSA) is 66.4 Å². The molecule has 1 rings (SSSR count). The number of hydrogen-bond acceptors (Lipinski definition) is 2. The van der Waals surface area contributed by atoms with Crippen molar-refractivity contribution in [2.24, 2.45) is 5.92 Å². The number of carboxylic acid groups (broad SMARTS) is 1. The van der Waals surface area contributed by atoms with Crippen molar-refractivity contribution in [2.45, 2.75) is 33.1 Å². The number of rotatable bonds is 7. The van der Waals surface area contributed by atoms with Crippen molar-refractivity contribution in [3.05, 3.63) is 35.4 Å². The zero-order chi connectivity index (χ0) is 14.3. The fraction of sp³-hybridized carbons (Fsp3) is 0.467. The molecule has 0 radical (unpaired) electrons. The van der Waals surface area contributed by atoms with Crippen molar-refractivity contribution in [2.75, 3.05) is 6.54 Å². The maximum absolute atomic E-state index is 11.6. The van der Waals surface area contributed by atoms with Gasteiger partial charge in [-0.2, -0.15) is 0 Å². The largest absolute Gasteiger partial charge is 0.481 e. The van der Waals surface area contributed by atoms with Gasteiger partial charge in [-0.05, 0) is 30.4 Å². The molecule has 1 amide bonds. The Kier molecular flexibility index (Phi) is 6.06. The first-order chi connectivity index (χ1) is 9.08. The fourth-order valence-electron chi connectivity index (χ4n) is 1.87. The molecule has 1 atom stereocenters. The molecule has 0 saturated carbocycles. The zero-order valence-corrected chi connectivity index (χ0v) is 11.5. The van der Waals surface area contributed by atoms with Gasteiger partial charge in [-0.25, -0.2) is 0 Å². The van der Waals surface area contributed by atoms with Crippen LogP contribution in [0.3, 0.4) is 0 Å². The molecule has 1 aromatic carbocycles. The van der Waals surface area contributed by atoms with E-state index in [1.165, 1.54) is 5.56 Å². The highest BCUT2D eigenvalue weighted by Gasteiger charge is 2.23. The number of nitrogens with one attached hydrogen (secondary N) is 1. The van der Waals surface area contributed by atoms with E-state index in [-0.39, 0.29) is 0 Å². The van der Waals surface area contributed by atoms with Crippen molar-refractivity contribution >= 4 is 11.9 Å². The summed E-state index contributed by atoms with van der Waals surface area (Å²) in [5.74, 6) is -2.41. The highest BCUT2D eigenvalue weighted by atomic mass is 16.4. The van der Waals surface area contributed by atoms with Crippen molar-refractivity contribution in [3.63, 3.8) is 0 Å². The van der Waals surface area contributed by atoms with Crippen LogP contribution in [0.4, 0.5) is 0 Å². The van der Waals surface area contributed by atoms with Gasteiger partial charge in [-0.3, -0.25) is 9.59 Å². The van der Waals surface area contributed by atoms with Crippen molar-refractivity contribution in [3.8, 4) is 0 Å². The maximum atomic E-state index is 11.6. The van der Waals surface area contributed by atoms with Gasteiger partial charge in [0.2, 0.25) is 5.91 Å². The number of carboxylic acids is 1. The molecule has 0 aromatic heterocycles. The van der Waals surface area contributed by atoms with E-state index in [1.807, 2.05) is 12.1 Å². The molecule has 0 spiro atoms. The molecule has 0 aliphatic carbocycles. The van der Waals surface area contributed by atoms with Crippen molar-refractivity contribution in [1.82, 2.24) is 5.32 Å². The summed E-state index contributed by atoms with van der Waals surface area (Å²) < 4.78 is 0. The molecule has 0 aliphatic rings. The number of benzene rings is 1. The molecule has 1 unspecified atom stereocenters. The summed E-state index contributed by atoms with van der Waals surface area (Å²) in [6, 6.07) is 8.23. The number of amides is 1. The summed E-state index contributed by atoms with van der Waals surface area (Å²) in [4.78, 5) is 22.4. The zero-order valence-electron chi connectivity index (χ0n) is 11.5. The summed E-state index contributed by atoms with van der Waals surface area (Å²) in [5.41, 5.74) is 2.42. The first-order valence-corrected chi connectivity index (χ1v) is 6.66. The Morgan fingerprint density at radius 2 is 1.74 bits per heavy atom. The molecule has 2 N–H and O–H groups in total. The molecule has 0 bridgehead atoms. The second kappa shape index (κ2) is 7.56. The lowest BCUT2D eigenvalue weighted by molar-refractivity contribution is -0.147. The normalized spacial score (nSPS) is 11.9. The lowest BCUT2D eigenvalue weighted by Crippen LogP contribution is -2.36. The summed E-state index contributed by atoms with van der Waals surface area (Å²) in [6.07, 6.45) is 2.03. The molecule has 0 saturated heterocycles. The van der Waals surface area contributed by atoms with Crippen LogP contribution in [0.1, 0.15) is 31.4 Å². The van der Waals surface area contributed by atoms with Crippen LogP contribution in [-0.4, -0.2) is 23.5 Å². The lowest BCUT2D eigenvalue weighted by Gasteiger charge is -2.10. The first-order valence-electron chi connectivity index (χ1n) is 6.66. The van der Waals surface area contributed by atoms with E-state index in [9.17, 15) is 9.59 Å². The SMILES string of the molecule is CCc1ccc(CCNC(=O)C(CC)C(=O)O)cc1. The second-order valence-corrected chi connectivity index (χ2v) is 4.51. The monoisotopic (exact) mass is 263 g/mol. The summed E-state index contributed by atoms with van der Waals surface area (Å²) in [7, 11) is 0. The molecule has 104 valence electrons. The third-order valence-electron chi connectivity index (χ3n) is 3.17. The van der Waals surface area contributed by atoms with Crippen molar-refractivity contribution in [1.29, 1.82) is 0 Å². The minimum absolute atomic E-state index is 0.312. The highest BCUT2D eigenvalue weighted by molar-refractivity contribution is 5.96. The summed E-state index contributed by atoms with van der Waals surface area (Å²) in [5, 5.41) is 11.5. The molecule has 0 heterocycles. The molecular weight excluding hydrogens is 242 g/mol. The molecule has 0 fully saturated rings. The van der Waals surface area contributed by atoms with Crippen LogP contribution in [-0.2, 0) is 22.4 Å². The van der Waals surface area contributed by atoms with Gasteiger partial charge in [-0.1, -0.05) is 38.1 Å². The number of carbonyl (C=O) groups is 2. The number of carbonyl (C=O) groups excluding carboxylic acids is 1. The minimum Gasteiger partial charge on any atom is -0.481 e. The molecule has 4 nitrogen and oxygen atoms in total. The van der Waals surface area contributed by atoms with Gasteiger partial charge >= 0.3 is 5.97 Å². The van der Waals surface area contributed by atoms with Crippen molar-refractivity contribution < 1.29 is 14.7 Å². The Bertz CT molecular complexity index is 426.